The number of aliphatic hydroxyl groups is 1. The third-order valence-corrected chi connectivity index (χ3v) is 1.72. The average molecular weight is 187 g/mol. The second-order valence-corrected chi connectivity index (χ2v) is 2.64. The Labute approximate surface area is 78.6 Å². The topological polar surface area (TPSA) is 58.6 Å². The van der Waals surface area contributed by atoms with Crippen LogP contribution in [0.1, 0.15) is 19.8 Å². The highest BCUT2D eigenvalue weighted by Crippen LogP contribution is 1.95. The molecule has 0 aromatic heterocycles. The van der Waals surface area contributed by atoms with E-state index in [0.29, 0.717) is 6.42 Å². The molecule has 4 nitrogen and oxygen atoms in total. The number of esters is 1. The molecule has 13 heavy (non-hydrogen) atoms. The first-order valence-corrected chi connectivity index (χ1v) is 4.36. The molecule has 0 bridgehead atoms. The van der Waals surface area contributed by atoms with Crippen molar-refractivity contribution in [3.8, 4) is 0 Å². The molecular weight excluding hydrogens is 170 g/mol. The van der Waals surface area contributed by atoms with Crippen LogP contribution in [0.25, 0.3) is 0 Å². The van der Waals surface area contributed by atoms with Gasteiger partial charge in [0.2, 0.25) is 0 Å². The molecule has 0 aliphatic rings. The predicted molar refractivity (Wildman–Crippen MR) is 50.1 cm³/mol. The van der Waals surface area contributed by atoms with Crippen molar-refractivity contribution < 1.29 is 14.6 Å². The third kappa shape index (κ3) is 6.16. The van der Waals surface area contributed by atoms with E-state index in [1.165, 1.54) is 13.2 Å². The Morgan fingerprint density at radius 3 is 2.85 bits per heavy atom. The van der Waals surface area contributed by atoms with Gasteiger partial charge in [0, 0.05) is 24.9 Å². The van der Waals surface area contributed by atoms with Crippen molar-refractivity contribution in [3.05, 3.63) is 12.3 Å². The zero-order valence-electron chi connectivity index (χ0n) is 8.12. The molecule has 0 saturated heterocycles. The van der Waals surface area contributed by atoms with Crippen LogP contribution in [0, 0.1) is 0 Å². The summed E-state index contributed by atoms with van der Waals surface area (Å²) in [6.45, 7) is 2.16. The highest BCUT2D eigenvalue weighted by Gasteiger charge is 2.01. The van der Waals surface area contributed by atoms with Gasteiger partial charge in [-0.15, -0.1) is 0 Å². The molecule has 0 aromatic carbocycles. The molecule has 0 aromatic rings. The lowest BCUT2D eigenvalue weighted by Crippen LogP contribution is -2.24. The molecule has 0 amide bonds. The molecule has 0 aliphatic carbocycles. The summed E-state index contributed by atoms with van der Waals surface area (Å²) in [6, 6.07) is 0.214. The Morgan fingerprint density at radius 1 is 1.69 bits per heavy atom. The van der Waals surface area contributed by atoms with Crippen molar-refractivity contribution >= 4 is 5.97 Å². The quantitative estimate of drug-likeness (QED) is 0.467. The monoisotopic (exact) mass is 187 g/mol. The van der Waals surface area contributed by atoms with Crippen LogP contribution in [-0.4, -0.2) is 30.8 Å². The molecule has 0 rings (SSSR count). The SMILES string of the molecule is CCC(CCO)N/C=C/C(=O)OC. The minimum Gasteiger partial charge on any atom is -0.466 e. The molecule has 4 heteroatoms. The fraction of sp³-hybridized carbons (Fsp3) is 0.667. The van der Waals surface area contributed by atoms with Gasteiger partial charge in [0.25, 0.3) is 0 Å². The summed E-state index contributed by atoms with van der Waals surface area (Å²) in [5.74, 6) is -0.383. The maximum atomic E-state index is 10.6. The van der Waals surface area contributed by atoms with E-state index in [1.54, 1.807) is 6.20 Å². The Balaban J connectivity index is 3.70. The van der Waals surface area contributed by atoms with E-state index >= 15 is 0 Å². The lowest BCUT2D eigenvalue weighted by molar-refractivity contribution is -0.134. The van der Waals surface area contributed by atoms with Gasteiger partial charge in [0.15, 0.2) is 0 Å². The molecule has 2 N–H and O–H groups in total. The fourth-order valence-electron chi connectivity index (χ4n) is 0.881. The van der Waals surface area contributed by atoms with E-state index in [0.717, 1.165) is 6.42 Å². The molecule has 1 atom stereocenters. The van der Waals surface area contributed by atoms with E-state index in [1.807, 2.05) is 6.92 Å². The van der Waals surface area contributed by atoms with Crippen molar-refractivity contribution in [1.29, 1.82) is 0 Å². The molecule has 0 saturated carbocycles. The van der Waals surface area contributed by atoms with Crippen molar-refractivity contribution in [3.63, 3.8) is 0 Å². The smallest absolute Gasteiger partial charge is 0.331 e. The van der Waals surface area contributed by atoms with Crippen LogP contribution >= 0.6 is 0 Å². The van der Waals surface area contributed by atoms with Gasteiger partial charge in [0.1, 0.15) is 0 Å². The first kappa shape index (κ1) is 12.0. The number of nitrogens with one attached hydrogen (secondary N) is 1. The standard InChI is InChI=1S/C9H17NO3/c1-3-8(5-7-11)10-6-4-9(12)13-2/h4,6,8,10-11H,3,5,7H2,1-2H3/b6-4+. The van der Waals surface area contributed by atoms with Gasteiger partial charge in [-0.3, -0.25) is 0 Å². The summed E-state index contributed by atoms with van der Waals surface area (Å²) in [4.78, 5) is 10.6. The van der Waals surface area contributed by atoms with Crippen LogP contribution in [-0.2, 0) is 9.53 Å². The van der Waals surface area contributed by atoms with Crippen molar-refractivity contribution in [1.82, 2.24) is 5.32 Å². The van der Waals surface area contributed by atoms with Gasteiger partial charge in [0.05, 0.1) is 7.11 Å². The summed E-state index contributed by atoms with van der Waals surface area (Å²) in [5.41, 5.74) is 0. The zero-order valence-corrected chi connectivity index (χ0v) is 8.12. The number of rotatable bonds is 6. The Bertz CT molecular complexity index is 168. The summed E-state index contributed by atoms with van der Waals surface area (Å²) in [6.07, 6.45) is 4.46. The Morgan fingerprint density at radius 2 is 2.38 bits per heavy atom. The number of hydrogen-bond acceptors (Lipinski definition) is 4. The molecule has 1 unspecified atom stereocenters. The fourth-order valence-corrected chi connectivity index (χ4v) is 0.881. The third-order valence-electron chi connectivity index (χ3n) is 1.72. The zero-order chi connectivity index (χ0) is 10.1. The number of carbonyl (C=O) groups excluding carboxylic acids is 1. The van der Waals surface area contributed by atoms with Gasteiger partial charge < -0.3 is 15.2 Å². The highest BCUT2D eigenvalue weighted by atomic mass is 16.5. The summed E-state index contributed by atoms with van der Waals surface area (Å²) < 4.78 is 4.41. The van der Waals surface area contributed by atoms with Crippen LogP contribution in [0.15, 0.2) is 12.3 Å². The lowest BCUT2D eigenvalue weighted by Gasteiger charge is -2.12. The lowest BCUT2D eigenvalue weighted by atomic mass is 10.2. The number of hydrogen-bond donors (Lipinski definition) is 2. The van der Waals surface area contributed by atoms with Crippen LogP contribution in [0.3, 0.4) is 0 Å². The first-order chi connectivity index (χ1) is 6.24. The van der Waals surface area contributed by atoms with Crippen molar-refractivity contribution in [2.24, 2.45) is 0 Å². The maximum absolute atomic E-state index is 10.6. The maximum Gasteiger partial charge on any atom is 0.331 e. The first-order valence-electron chi connectivity index (χ1n) is 4.36. The van der Waals surface area contributed by atoms with Crippen LogP contribution in [0.2, 0.25) is 0 Å². The van der Waals surface area contributed by atoms with E-state index in [9.17, 15) is 4.79 Å². The molecule has 0 aliphatic heterocycles. The number of ether oxygens (including phenoxy) is 1. The van der Waals surface area contributed by atoms with E-state index < -0.39 is 0 Å². The van der Waals surface area contributed by atoms with Crippen LogP contribution in [0.5, 0.6) is 0 Å². The van der Waals surface area contributed by atoms with E-state index in [2.05, 4.69) is 10.1 Å². The number of aliphatic hydroxyl groups excluding tert-OH is 1. The summed E-state index contributed by atoms with van der Waals surface area (Å²) in [7, 11) is 1.33. The van der Waals surface area contributed by atoms with Gasteiger partial charge in [-0.25, -0.2) is 4.79 Å². The average Bonchev–Trinajstić information content (AvgIpc) is 2.16. The summed E-state index contributed by atoms with van der Waals surface area (Å²) in [5, 5.41) is 11.7. The minimum absolute atomic E-state index is 0.150. The van der Waals surface area contributed by atoms with Crippen LogP contribution in [0.4, 0.5) is 0 Å². The molecule has 76 valence electrons. The number of methoxy groups -OCH3 is 1. The Hall–Kier alpha value is -1.03. The molecule has 0 heterocycles. The molecule has 0 fully saturated rings. The van der Waals surface area contributed by atoms with Gasteiger partial charge in [-0.1, -0.05) is 6.92 Å². The molecular formula is C9H17NO3. The highest BCUT2D eigenvalue weighted by molar-refractivity contribution is 5.81. The van der Waals surface area contributed by atoms with Crippen LogP contribution < -0.4 is 5.32 Å². The van der Waals surface area contributed by atoms with Crippen molar-refractivity contribution in [2.75, 3.05) is 13.7 Å². The van der Waals surface area contributed by atoms with Gasteiger partial charge >= 0.3 is 5.97 Å². The second kappa shape index (κ2) is 7.61. The second-order valence-electron chi connectivity index (χ2n) is 2.64. The van der Waals surface area contributed by atoms with Gasteiger partial charge in [-0.2, -0.15) is 0 Å². The molecule has 0 radical (unpaired) electrons. The van der Waals surface area contributed by atoms with Gasteiger partial charge in [-0.05, 0) is 12.8 Å². The van der Waals surface area contributed by atoms with E-state index in [4.69, 9.17) is 5.11 Å². The predicted octanol–water partition coefficient (Wildman–Crippen LogP) is 0.424. The summed E-state index contributed by atoms with van der Waals surface area (Å²) >= 11 is 0. The van der Waals surface area contributed by atoms with E-state index in [-0.39, 0.29) is 18.6 Å². The molecule has 0 spiro atoms. The Kier molecular flexibility index (Phi) is 7.01. The minimum atomic E-state index is -0.383. The largest absolute Gasteiger partial charge is 0.466 e. The normalized spacial score (nSPS) is 12.8. The number of carbonyl (C=O) groups is 1. The van der Waals surface area contributed by atoms with Crippen molar-refractivity contribution in [2.45, 2.75) is 25.8 Å².